The van der Waals surface area contributed by atoms with Crippen molar-refractivity contribution < 1.29 is 0 Å². The second-order valence-corrected chi connectivity index (χ2v) is 5.56. The Kier molecular flexibility index (Phi) is 4.70. The van der Waals surface area contributed by atoms with Crippen LogP contribution in [-0.4, -0.2) is 16.3 Å². The summed E-state index contributed by atoms with van der Waals surface area (Å²) in [6.45, 7) is 8.89. The lowest BCUT2D eigenvalue weighted by atomic mass is 10.2. The van der Waals surface area contributed by atoms with Crippen LogP contribution in [-0.2, 0) is 13.1 Å². The number of anilines is 2. The lowest BCUT2D eigenvalue weighted by Gasteiger charge is -2.24. The molecular formula is C15H21BrN4. The molecule has 4 nitrogen and oxygen atoms in total. The van der Waals surface area contributed by atoms with E-state index in [0.717, 1.165) is 41.2 Å². The van der Waals surface area contributed by atoms with Crippen molar-refractivity contribution in [2.75, 3.05) is 17.2 Å². The topological polar surface area (TPSA) is 47.1 Å². The van der Waals surface area contributed by atoms with Gasteiger partial charge in [0.1, 0.15) is 0 Å². The van der Waals surface area contributed by atoms with Crippen LogP contribution in [0.15, 0.2) is 28.7 Å². The summed E-state index contributed by atoms with van der Waals surface area (Å²) in [5.74, 6) is 0. The first-order valence-electron chi connectivity index (χ1n) is 6.89. The Morgan fingerprint density at radius 3 is 2.70 bits per heavy atom. The van der Waals surface area contributed by atoms with Gasteiger partial charge in [-0.15, -0.1) is 0 Å². The Morgan fingerprint density at radius 2 is 2.10 bits per heavy atom. The van der Waals surface area contributed by atoms with Crippen LogP contribution in [0.5, 0.6) is 0 Å². The van der Waals surface area contributed by atoms with E-state index in [-0.39, 0.29) is 0 Å². The minimum atomic E-state index is 0.792. The lowest BCUT2D eigenvalue weighted by molar-refractivity contribution is 0.607. The molecule has 0 aliphatic rings. The number of aromatic nitrogens is 2. The van der Waals surface area contributed by atoms with Crippen LogP contribution in [0.4, 0.5) is 11.4 Å². The van der Waals surface area contributed by atoms with Gasteiger partial charge in [0.25, 0.3) is 0 Å². The van der Waals surface area contributed by atoms with Crippen molar-refractivity contribution in [3.63, 3.8) is 0 Å². The summed E-state index contributed by atoms with van der Waals surface area (Å²) in [5.41, 5.74) is 10.0. The third-order valence-electron chi connectivity index (χ3n) is 3.41. The first-order valence-corrected chi connectivity index (χ1v) is 7.68. The Labute approximate surface area is 128 Å². The molecule has 0 atom stereocenters. The molecule has 0 unspecified atom stereocenters. The van der Waals surface area contributed by atoms with Gasteiger partial charge in [-0.25, -0.2) is 0 Å². The van der Waals surface area contributed by atoms with Gasteiger partial charge in [-0.05, 0) is 54.9 Å². The highest BCUT2D eigenvalue weighted by Crippen LogP contribution is 2.25. The number of nitrogens with two attached hydrogens (primary N) is 1. The molecule has 20 heavy (non-hydrogen) atoms. The maximum atomic E-state index is 5.88. The van der Waals surface area contributed by atoms with Crippen LogP contribution in [0.3, 0.4) is 0 Å². The van der Waals surface area contributed by atoms with Crippen LogP contribution in [0, 0.1) is 6.92 Å². The van der Waals surface area contributed by atoms with E-state index in [4.69, 9.17) is 5.73 Å². The molecule has 1 aromatic carbocycles. The predicted molar refractivity (Wildman–Crippen MR) is 87.9 cm³/mol. The van der Waals surface area contributed by atoms with Gasteiger partial charge in [0.05, 0.1) is 22.4 Å². The minimum absolute atomic E-state index is 0.792. The number of aryl methyl sites for hydroxylation is 2. The summed E-state index contributed by atoms with van der Waals surface area (Å²) in [6.07, 6.45) is 0. The van der Waals surface area contributed by atoms with E-state index in [2.05, 4.69) is 45.8 Å². The number of benzene rings is 1. The molecule has 0 spiro atoms. The van der Waals surface area contributed by atoms with Crippen molar-refractivity contribution in [3.05, 3.63) is 40.1 Å². The molecule has 0 saturated heterocycles. The number of hydrogen-bond donors (Lipinski definition) is 1. The minimum Gasteiger partial charge on any atom is -0.399 e. The second kappa shape index (κ2) is 6.31. The SMILES string of the molecule is CCN(Cc1c(Br)c(C)nn1CC)c1cccc(N)c1. The number of nitrogen functional groups attached to an aromatic ring is 1. The lowest BCUT2D eigenvalue weighted by Crippen LogP contribution is -2.24. The fourth-order valence-electron chi connectivity index (χ4n) is 2.31. The normalized spacial score (nSPS) is 10.8. The van der Waals surface area contributed by atoms with Crippen LogP contribution in [0.25, 0.3) is 0 Å². The van der Waals surface area contributed by atoms with Gasteiger partial charge in [-0.2, -0.15) is 5.10 Å². The molecule has 0 fully saturated rings. The number of rotatable bonds is 5. The number of nitrogens with zero attached hydrogens (tertiary/aromatic N) is 3. The zero-order valence-corrected chi connectivity index (χ0v) is 13.8. The van der Waals surface area contributed by atoms with Crippen LogP contribution < -0.4 is 10.6 Å². The van der Waals surface area contributed by atoms with Gasteiger partial charge in [0, 0.05) is 24.5 Å². The molecule has 1 heterocycles. The standard InChI is InChI=1S/C15H21BrN4/c1-4-19(13-8-6-7-12(17)9-13)10-14-15(16)11(3)18-20(14)5-2/h6-9H,4-5,10,17H2,1-3H3. The van der Waals surface area contributed by atoms with Crippen molar-refractivity contribution in [3.8, 4) is 0 Å². The van der Waals surface area contributed by atoms with E-state index >= 15 is 0 Å². The summed E-state index contributed by atoms with van der Waals surface area (Å²) in [5, 5.41) is 4.55. The van der Waals surface area contributed by atoms with Crippen molar-refractivity contribution in [2.24, 2.45) is 0 Å². The maximum absolute atomic E-state index is 5.88. The molecule has 0 aliphatic carbocycles. The molecule has 0 bridgehead atoms. The van der Waals surface area contributed by atoms with E-state index in [1.807, 2.05) is 29.8 Å². The molecule has 0 amide bonds. The molecule has 108 valence electrons. The van der Waals surface area contributed by atoms with Gasteiger partial charge in [-0.3, -0.25) is 4.68 Å². The number of halogens is 1. The van der Waals surface area contributed by atoms with E-state index in [9.17, 15) is 0 Å². The van der Waals surface area contributed by atoms with E-state index < -0.39 is 0 Å². The smallest absolute Gasteiger partial charge is 0.0739 e. The van der Waals surface area contributed by atoms with Crippen LogP contribution in [0.2, 0.25) is 0 Å². The zero-order chi connectivity index (χ0) is 14.7. The van der Waals surface area contributed by atoms with E-state index in [0.29, 0.717) is 0 Å². The Hall–Kier alpha value is -1.49. The summed E-state index contributed by atoms with van der Waals surface area (Å²) in [6, 6.07) is 8.00. The summed E-state index contributed by atoms with van der Waals surface area (Å²) >= 11 is 3.65. The van der Waals surface area contributed by atoms with Crippen molar-refractivity contribution in [1.29, 1.82) is 0 Å². The third kappa shape index (κ3) is 2.98. The monoisotopic (exact) mass is 336 g/mol. The zero-order valence-electron chi connectivity index (χ0n) is 12.2. The highest BCUT2D eigenvalue weighted by atomic mass is 79.9. The van der Waals surface area contributed by atoms with Crippen molar-refractivity contribution in [2.45, 2.75) is 33.9 Å². The molecule has 0 aliphatic heterocycles. The van der Waals surface area contributed by atoms with Crippen LogP contribution in [0.1, 0.15) is 25.2 Å². The molecule has 1 aromatic heterocycles. The van der Waals surface area contributed by atoms with Gasteiger partial charge < -0.3 is 10.6 Å². The fourth-order valence-corrected chi connectivity index (χ4v) is 2.72. The molecular weight excluding hydrogens is 316 g/mol. The van der Waals surface area contributed by atoms with Gasteiger partial charge >= 0.3 is 0 Å². The van der Waals surface area contributed by atoms with Gasteiger partial charge in [0.15, 0.2) is 0 Å². The second-order valence-electron chi connectivity index (χ2n) is 4.77. The predicted octanol–water partition coefficient (Wildman–Crippen LogP) is 3.58. The average molecular weight is 337 g/mol. The molecule has 2 rings (SSSR count). The first-order chi connectivity index (χ1) is 9.56. The molecule has 5 heteroatoms. The van der Waals surface area contributed by atoms with Crippen LogP contribution >= 0.6 is 15.9 Å². The summed E-state index contributed by atoms with van der Waals surface area (Å²) in [4.78, 5) is 2.30. The quantitative estimate of drug-likeness (QED) is 0.849. The van der Waals surface area contributed by atoms with Crippen molar-refractivity contribution >= 4 is 27.3 Å². The largest absolute Gasteiger partial charge is 0.399 e. The summed E-state index contributed by atoms with van der Waals surface area (Å²) < 4.78 is 3.15. The molecule has 0 radical (unpaired) electrons. The maximum Gasteiger partial charge on any atom is 0.0739 e. The van der Waals surface area contributed by atoms with E-state index in [1.54, 1.807) is 0 Å². The average Bonchev–Trinajstić information content (AvgIpc) is 2.71. The van der Waals surface area contributed by atoms with E-state index in [1.165, 1.54) is 5.69 Å². The van der Waals surface area contributed by atoms with Gasteiger partial charge in [0.2, 0.25) is 0 Å². The summed E-state index contributed by atoms with van der Waals surface area (Å²) in [7, 11) is 0. The van der Waals surface area contributed by atoms with Crippen molar-refractivity contribution in [1.82, 2.24) is 9.78 Å². The number of hydrogen-bond acceptors (Lipinski definition) is 3. The molecule has 2 aromatic rings. The van der Waals surface area contributed by atoms with Gasteiger partial charge in [-0.1, -0.05) is 6.07 Å². The fraction of sp³-hybridized carbons (Fsp3) is 0.400. The first kappa shape index (κ1) is 14.9. The molecule has 0 saturated carbocycles. The highest BCUT2D eigenvalue weighted by Gasteiger charge is 2.15. The Morgan fingerprint density at radius 1 is 1.35 bits per heavy atom. The molecule has 2 N–H and O–H groups in total. The Bertz CT molecular complexity index is 592. The third-order valence-corrected chi connectivity index (χ3v) is 4.44. The Balaban J connectivity index is 2.31. The highest BCUT2D eigenvalue weighted by molar-refractivity contribution is 9.10.